The summed E-state index contributed by atoms with van der Waals surface area (Å²) in [5, 5.41) is -0.845. The van der Waals surface area contributed by atoms with E-state index in [-0.39, 0.29) is 11.3 Å². The summed E-state index contributed by atoms with van der Waals surface area (Å²) in [4.78, 5) is 14.9. The zero-order valence-electron chi connectivity index (χ0n) is 12.7. The Morgan fingerprint density at radius 2 is 1.88 bits per heavy atom. The maximum absolute atomic E-state index is 13.6. The van der Waals surface area contributed by atoms with Crippen molar-refractivity contribution in [3.63, 3.8) is 0 Å². The number of nitrogens with zero attached hydrogens (tertiary/aromatic N) is 1. The highest BCUT2D eigenvalue weighted by Gasteiger charge is 2.37. The fourth-order valence-corrected chi connectivity index (χ4v) is 2.11. The Morgan fingerprint density at radius 1 is 1.24 bits per heavy atom. The lowest BCUT2D eigenvalue weighted by Crippen LogP contribution is -2.13. The third-order valence-corrected chi connectivity index (χ3v) is 3.40. The summed E-state index contributed by atoms with van der Waals surface area (Å²) in [6, 6.07) is 2.38. The summed E-state index contributed by atoms with van der Waals surface area (Å²) >= 11 is 5.51. The van der Waals surface area contributed by atoms with E-state index in [2.05, 4.69) is 9.72 Å². The number of carbonyl (C=O) groups is 1. The van der Waals surface area contributed by atoms with E-state index in [1.165, 1.54) is 0 Å². The molecular weight excluding hydrogens is 373 g/mol. The van der Waals surface area contributed by atoms with Crippen LogP contribution >= 0.6 is 11.6 Å². The molecule has 0 atom stereocenters. The van der Waals surface area contributed by atoms with Crippen LogP contribution in [0, 0.1) is 18.6 Å². The number of esters is 1. The number of halogens is 6. The normalized spacial score (nSPS) is 11.4. The number of benzene rings is 1. The van der Waals surface area contributed by atoms with Crippen LogP contribution in [0.3, 0.4) is 0 Å². The minimum Gasteiger partial charge on any atom is -0.465 e. The van der Waals surface area contributed by atoms with Gasteiger partial charge in [-0.05, 0) is 25.1 Å². The lowest BCUT2D eigenvalue weighted by atomic mass is 10.2. The van der Waals surface area contributed by atoms with E-state index in [1.54, 1.807) is 0 Å². The molecule has 134 valence electrons. The van der Waals surface area contributed by atoms with Gasteiger partial charge in [0.25, 0.3) is 0 Å². The number of pyridine rings is 1. The molecule has 2 rings (SSSR count). The fourth-order valence-electron chi connectivity index (χ4n) is 1.85. The van der Waals surface area contributed by atoms with Crippen LogP contribution in [0.1, 0.15) is 21.6 Å². The second-order valence-electron chi connectivity index (χ2n) is 4.75. The van der Waals surface area contributed by atoms with Gasteiger partial charge >= 0.3 is 12.1 Å². The average molecular weight is 382 g/mol. The van der Waals surface area contributed by atoms with Crippen LogP contribution in [0.25, 0.3) is 0 Å². The molecule has 0 saturated heterocycles. The zero-order chi connectivity index (χ0) is 18.9. The first-order valence-electron chi connectivity index (χ1n) is 6.54. The van der Waals surface area contributed by atoms with E-state index in [4.69, 9.17) is 16.3 Å². The first-order chi connectivity index (χ1) is 11.6. The molecule has 4 nitrogen and oxygen atoms in total. The van der Waals surface area contributed by atoms with Gasteiger partial charge in [0.15, 0.2) is 17.3 Å². The molecule has 0 aliphatic heterocycles. The third-order valence-electron chi connectivity index (χ3n) is 3.11. The van der Waals surface area contributed by atoms with Crippen LogP contribution in [-0.2, 0) is 10.9 Å². The van der Waals surface area contributed by atoms with Crippen molar-refractivity contribution in [1.29, 1.82) is 0 Å². The van der Waals surface area contributed by atoms with Gasteiger partial charge in [-0.15, -0.1) is 0 Å². The summed E-state index contributed by atoms with van der Waals surface area (Å²) in [5.41, 5.74) is -2.33. The van der Waals surface area contributed by atoms with Gasteiger partial charge in [-0.25, -0.2) is 18.6 Å². The Labute approximate surface area is 143 Å². The minimum absolute atomic E-state index is 0.318. The standard InChI is InChI=1S/C15H9ClF5NO3/c1-6-10(4-3-9(17)11(6)18)25-13-7(14(23)24-2)5-8(16)12(22-13)15(19,20)21/h3-5H,1-2H3. The number of hydrogen-bond acceptors (Lipinski definition) is 4. The molecule has 0 bridgehead atoms. The van der Waals surface area contributed by atoms with Gasteiger partial charge in [0, 0.05) is 5.56 Å². The predicted molar refractivity (Wildman–Crippen MR) is 76.8 cm³/mol. The second kappa shape index (κ2) is 6.83. The first-order valence-corrected chi connectivity index (χ1v) is 6.92. The molecular formula is C15H9ClF5NO3. The van der Waals surface area contributed by atoms with E-state index in [0.717, 1.165) is 26.2 Å². The third kappa shape index (κ3) is 3.81. The van der Waals surface area contributed by atoms with Crippen molar-refractivity contribution in [3.05, 3.63) is 51.7 Å². The summed E-state index contributed by atoms with van der Waals surface area (Å²) in [6.45, 7) is 1.14. The topological polar surface area (TPSA) is 48.4 Å². The molecule has 0 spiro atoms. The molecule has 0 N–H and O–H groups in total. The largest absolute Gasteiger partial charge is 0.465 e. The van der Waals surface area contributed by atoms with Crippen LogP contribution < -0.4 is 4.74 Å². The fraction of sp³-hybridized carbons (Fsp3) is 0.200. The molecule has 0 radical (unpaired) electrons. The Balaban J connectivity index is 2.62. The highest BCUT2D eigenvalue weighted by Crippen LogP contribution is 2.38. The number of hydrogen-bond donors (Lipinski definition) is 0. The molecule has 1 heterocycles. The van der Waals surface area contributed by atoms with Gasteiger partial charge in [-0.3, -0.25) is 0 Å². The van der Waals surface area contributed by atoms with Crippen molar-refractivity contribution in [2.75, 3.05) is 7.11 Å². The number of rotatable bonds is 3. The molecule has 0 amide bonds. The molecule has 1 aromatic carbocycles. The number of alkyl halides is 3. The van der Waals surface area contributed by atoms with E-state index >= 15 is 0 Å². The highest BCUT2D eigenvalue weighted by atomic mass is 35.5. The average Bonchev–Trinajstić information content (AvgIpc) is 2.54. The molecule has 2 aromatic rings. The van der Waals surface area contributed by atoms with Crippen LogP contribution in [-0.4, -0.2) is 18.1 Å². The lowest BCUT2D eigenvalue weighted by Gasteiger charge is -2.15. The maximum Gasteiger partial charge on any atom is 0.434 e. The first kappa shape index (κ1) is 18.9. The lowest BCUT2D eigenvalue weighted by molar-refractivity contribution is -0.141. The van der Waals surface area contributed by atoms with Gasteiger partial charge in [-0.2, -0.15) is 13.2 Å². The van der Waals surface area contributed by atoms with Crippen molar-refractivity contribution >= 4 is 17.6 Å². The Kier molecular flexibility index (Phi) is 5.17. The molecule has 25 heavy (non-hydrogen) atoms. The maximum atomic E-state index is 13.6. The van der Waals surface area contributed by atoms with Gasteiger partial charge in [0.2, 0.25) is 5.88 Å². The summed E-state index contributed by atoms with van der Waals surface area (Å²) in [6.07, 6.45) is -4.92. The number of aromatic nitrogens is 1. The molecule has 0 saturated carbocycles. The minimum atomic E-state index is -4.92. The van der Waals surface area contributed by atoms with Crippen molar-refractivity contribution in [2.24, 2.45) is 0 Å². The van der Waals surface area contributed by atoms with E-state index in [1.807, 2.05) is 0 Å². The molecule has 0 aliphatic rings. The SMILES string of the molecule is COC(=O)c1cc(Cl)c(C(F)(F)F)nc1Oc1ccc(F)c(F)c1C. The summed E-state index contributed by atoms with van der Waals surface area (Å²) < 4.78 is 75.1. The molecule has 1 aromatic heterocycles. The Hall–Kier alpha value is -2.42. The van der Waals surface area contributed by atoms with Gasteiger partial charge in [0.05, 0.1) is 12.1 Å². The van der Waals surface area contributed by atoms with Crippen LogP contribution in [0.5, 0.6) is 11.6 Å². The van der Waals surface area contributed by atoms with Gasteiger partial charge < -0.3 is 9.47 Å². The van der Waals surface area contributed by atoms with Crippen molar-refractivity contribution < 1.29 is 36.2 Å². The van der Waals surface area contributed by atoms with Crippen LogP contribution in [0.2, 0.25) is 5.02 Å². The van der Waals surface area contributed by atoms with Crippen molar-refractivity contribution in [2.45, 2.75) is 13.1 Å². The quantitative estimate of drug-likeness (QED) is 0.559. The zero-order valence-corrected chi connectivity index (χ0v) is 13.4. The van der Waals surface area contributed by atoms with Crippen molar-refractivity contribution in [1.82, 2.24) is 4.98 Å². The summed E-state index contributed by atoms with van der Waals surface area (Å²) in [7, 11) is 0.987. The molecule has 0 fully saturated rings. The summed E-state index contributed by atoms with van der Waals surface area (Å²) in [5.74, 6) is -4.62. The van der Waals surface area contributed by atoms with E-state index in [0.29, 0.717) is 6.07 Å². The monoisotopic (exact) mass is 381 g/mol. The number of carbonyl (C=O) groups excluding carboxylic acids is 1. The smallest absolute Gasteiger partial charge is 0.434 e. The second-order valence-corrected chi connectivity index (χ2v) is 5.15. The number of ether oxygens (including phenoxy) is 2. The highest BCUT2D eigenvalue weighted by molar-refractivity contribution is 6.31. The molecule has 10 heteroatoms. The van der Waals surface area contributed by atoms with E-state index < -0.39 is 45.9 Å². The molecule has 0 unspecified atom stereocenters. The Morgan fingerprint density at radius 3 is 2.44 bits per heavy atom. The van der Waals surface area contributed by atoms with Gasteiger partial charge in [-0.1, -0.05) is 11.6 Å². The predicted octanol–water partition coefficient (Wildman–Crippen LogP) is 4.92. The Bertz CT molecular complexity index is 839. The van der Waals surface area contributed by atoms with Crippen LogP contribution in [0.4, 0.5) is 22.0 Å². The van der Waals surface area contributed by atoms with E-state index in [9.17, 15) is 26.7 Å². The molecule has 0 aliphatic carbocycles. The van der Waals surface area contributed by atoms with Crippen LogP contribution in [0.15, 0.2) is 18.2 Å². The van der Waals surface area contributed by atoms with Crippen molar-refractivity contribution in [3.8, 4) is 11.6 Å². The number of methoxy groups -OCH3 is 1. The van der Waals surface area contributed by atoms with Gasteiger partial charge in [0.1, 0.15) is 11.3 Å².